The third kappa shape index (κ3) is 11.0. The van der Waals surface area contributed by atoms with Crippen molar-refractivity contribution in [2.45, 2.75) is 13.3 Å². The van der Waals surface area contributed by atoms with Gasteiger partial charge in [0.1, 0.15) is 24.7 Å². The molecule has 0 radical (unpaired) electrons. The summed E-state index contributed by atoms with van der Waals surface area (Å²) in [6.45, 7) is 10.5. The van der Waals surface area contributed by atoms with Crippen molar-refractivity contribution in [1.29, 1.82) is 0 Å². The Morgan fingerprint density at radius 1 is 0.675 bits per heavy atom. The molecule has 0 spiro atoms. The second-order valence-corrected chi connectivity index (χ2v) is 9.46. The highest BCUT2D eigenvalue weighted by Gasteiger charge is 2.13. The van der Waals surface area contributed by atoms with Crippen LogP contribution in [0.4, 0.5) is 0 Å². The number of likely N-dealkylation sites (N-methyl/N-ethyl adjacent to an activating group) is 1. The molecular weight excluding hydrogens is 502 g/mol. The number of allylic oxidation sites excluding steroid dienone is 1. The molecule has 0 aliphatic rings. The van der Waals surface area contributed by atoms with E-state index in [2.05, 4.69) is 110 Å². The van der Waals surface area contributed by atoms with Crippen LogP contribution in [0.1, 0.15) is 30.0 Å². The summed E-state index contributed by atoms with van der Waals surface area (Å²) in [6, 6.07) is 29.7. The fourth-order valence-electron chi connectivity index (χ4n) is 4.28. The molecule has 6 heteroatoms. The number of hydrogen-bond acceptors (Lipinski definition) is 6. The molecule has 0 fully saturated rings. The zero-order valence-electron chi connectivity index (χ0n) is 23.9. The van der Waals surface area contributed by atoms with Crippen molar-refractivity contribution < 1.29 is 24.1 Å². The van der Waals surface area contributed by atoms with Gasteiger partial charge in [0.15, 0.2) is 0 Å². The summed E-state index contributed by atoms with van der Waals surface area (Å²) in [6.07, 6.45) is 0.937. The molecule has 0 aromatic heterocycles. The van der Waals surface area contributed by atoms with Crippen molar-refractivity contribution in [1.82, 2.24) is 4.90 Å². The minimum Gasteiger partial charge on any atom is -0.510 e. The van der Waals surface area contributed by atoms with Crippen LogP contribution in [0.2, 0.25) is 0 Å². The highest BCUT2D eigenvalue weighted by atomic mass is 16.5. The summed E-state index contributed by atoms with van der Waals surface area (Å²) in [7, 11) is 2.06. The highest BCUT2D eigenvalue weighted by molar-refractivity contribution is 5.98. The van der Waals surface area contributed by atoms with E-state index in [1.807, 2.05) is 0 Å². The van der Waals surface area contributed by atoms with Crippen LogP contribution in [0.15, 0.2) is 97.3 Å². The Balaban J connectivity index is 1.44. The van der Waals surface area contributed by atoms with Gasteiger partial charge in [-0.1, -0.05) is 86.3 Å². The van der Waals surface area contributed by atoms with E-state index in [-0.39, 0.29) is 12.4 Å². The Hall–Kier alpha value is -3.42. The van der Waals surface area contributed by atoms with Crippen molar-refractivity contribution in [3.05, 3.63) is 114 Å². The van der Waals surface area contributed by atoms with Crippen LogP contribution < -0.4 is 4.74 Å². The van der Waals surface area contributed by atoms with Crippen LogP contribution in [0.3, 0.4) is 0 Å². The number of hydrogen-bond donors (Lipinski definition) is 1. The molecule has 0 heterocycles. The van der Waals surface area contributed by atoms with Crippen LogP contribution in [0.25, 0.3) is 11.1 Å². The van der Waals surface area contributed by atoms with Gasteiger partial charge < -0.3 is 29.0 Å². The fourth-order valence-corrected chi connectivity index (χ4v) is 4.28. The van der Waals surface area contributed by atoms with Crippen LogP contribution >= 0.6 is 0 Å². The summed E-state index contributed by atoms with van der Waals surface area (Å²) in [5.74, 6) is 0.883. The van der Waals surface area contributed by atoms with E-state index in [9.17, 15) is 0 Å². The van der Waals surface area contributed by atoms with Gasteiger partial charge in [0.25, 0.3) is 0 Å². The quantitative estimate of drug-likeness (QED) is 0.106. The smallest absolute Gasteiger partial charge is 0.119 e. The minimum atomic E-state index is 0.0191. The van der Waals surface area contributed by atoms with Crippen LogP contribution in [-0.4, -0.2) is 76.4 Å². The first-order chi connectivity index (χ1) is 19.6. The second kappa shape index (κ2) is 18.0. The molecule has 3 rings (SSSR count). The predicted molar refractivity (Wildman–Crippen MR) is 163 cm³/mol. The number of benzene rings is 3. The Kier molecular flexibility index (Phi) is 14.0. The van der Waals surface area contributed by atoms with E-state index in [0.29, 0.717) is 39.6 Å². The van der Waals surface area contributed by atoms with Crippen molar-refractivity contribution in [3.63, 3.8) is 0 Å². The van der Waals surface area contributed by atoms with E-state index in [4.69, 9.17) is 24.1 Å². The van der Waals surface area contributed by atoms with E-state index in [0.717, 1.165) is 25.3 Å². The lowest BCUT2D eigenvalue weighted by Crippen LogP contribution is -2.28. The molecule has 3 aromatic rings. The number of nitrogens with zero attached hydrogens (tertiary/aromatic N) is 1. The third-order valence-electron chi connectivity index (χ3n) is 6.35. The lowest BCUT2D eigenvalue weighted by Gasteiger charge is -2.18. The third-order valence-corrected chi connectivity index (χ3v) is 6.35. The van der Waals surface area contributed by atoms with Gasteiger partial charge in [-0.25, -0.2) is 0 Å². The summed E-state index contributed by atoms with van der Waals surface area (Å²) >= 11 is 0. The minimum absolute atomic E-state index is 0.0191. The molecule has 0 amide bonds. The highest BCUT2D eigenvalue weighted by Crippen LogP contribution is 2.34. The van der Waals surface area contributed by atoms with Gasteiger partial charge in [-0.15, -0.1) is 0 Å². The summed E-state index contributed by atoms with van der Waals surface area (Å²) in [5, 5.41) is 8.94. The van der Waals surface area contributed by atoms with E-state index in [1.54, 1.807) is 0 Å². The average molecular weight is 546 g/mol. The maximum Gasteiger partial charge on any atom is 0.119 e. The van der Waals surface area contributed by atoms with Gasteiger partial charge in [0, 0.05) is 13.1 Å². The fraction of sp³-hybridized carbons (Fsp3) is 0.353. The SMILES string of the molecule is C=C(O)COCCOCCOCCN(C)CCOc1ccc(/C(=C(/CC)c2ccccc2)c2ccccc2)cc1. The summed E-state index contributed by atoms with van der Waals surface area (Å²) in [4.78, 5) is 2.19. The van der Waals surface area contributed by atoms with Crippen molar-refractivity contribution in [2.75, 3.05) is 66.4 Å². The Morgan fingerprint density at radius 3 is 1.80 bits per heavy atom. The topological polar surface area (TPSA) is 60.4 Å². The molecule has 0 saturated heterocycles. The maximum absolute atomic E-state index is 8.94. The van der Waals surface area contributed by atoms with Crippen LogP contribution in [0.5, 0.6) is 5.75 Å². The van der Waals surface area contributed by atoms with Crippen LogP contribution in [-0.2, 0) is 14.2 Å². The zero-order valence-corrected chi connectivity index (χ0v) is 23.9. The molecule has 0 aliphatic carbocycles. The van der Waals surface area contributed by atoms with Gasteiger partial charge in [0.05, 0.1) is 33.0 Å². The van der Waals surface area contributed by atoms with E-state index < -0.39 is 0 Å². The molecule has 214 valence electrons. The number of ether oxygens (including phenoxy) is 4. The standard InChI is InChI=1S/C34H43NO5/c1-4-33(29-11-7-5-8-12-29)34(30-13-9-6-10-14-30)31-15-17-32(18-16-31)40-22-20-35(3)19-21-37-23-24-38-25-26-39-27-28(2)36/h5-18,36H,2,4,19-27H2,1,3H3/b34-33-. The van der Waals surface area contributed by atoms with Gasteiger partial charge in [-0.3, -0.25) is 0 Å². The lowest BCUT2D eigenvalue weighted by atomic mass is 9.88. The largest absolute Gasteiger partial charge is 0.510 e. The molecule has 0 bridgehead atoms. The first-order valence-corrected chi connectivity index (χ1v) is 13.9. The predicted octanol–water partition coefficient (Wildman–Crippen LogP) is 6.49. The monoisotopic (exact) mass is 545 g/mol. The number of rotatable bonds is 19. The first kappa shape index (κ1) is 31.1. The normalized spacial score (nSPS) is 11.9. The summed E-state index contributed by atoms with van der Waals surface area (Å²) in [5.41, 5.74) is 6.23. The Morgan fingerprint density at radius 2 is 1.20 bits per heavy atom. The Labute approximate surface area is 239 Å². The van der Waals surface area contributed by atoms with E-state index in [1.165, 1.54) is 27.8 Å². The molecule has 40 heavy (non-hydrogen) atoms. The van der Waals surface area contributed by atoms with Gasteiger partial charge in [-0.05, 0) is 53.4 Å². The number of aliphatic hydroxyl groups excluding tert-OH is 1. The lowest BCUT2D eigenvalue weighted by molar-refractivity contribution is 0.0116. The van der Waals surface area contributed by atoms with Crippen molar-refractivity contribution in [3.8, 4) is 5.75 Å². The molecule has 0 saturated carbocycles. The molecule has 0 aliphatic heterocycles. The van der Waals surface area contributed by atoms with Gasteiger partial charge >= 0.3 is 0 Å². The number of aliphatic hydroxyl groups is 1. The Bertz CT molecular complexity index is 1150. The molecule has 6 nitrogen and oxygen atoms in total. The van der Waals surface area contributed by atoms with Crippen molar-refractivity contribution >= 4 is 11.1 Å². The molecule has 0 atom stereocenters. The maximum atomic E-state index is 8.94. The van der Waals surface area contributed by atoms with Crippen LogP contribution in [0, 0.1) is 0 Å². The zero-order chi connectivity index (χ0) is 28.4. The molecule has 1 N–H and O–H groups in total. The molecular formula is C34H43NO5. The van der Waals surface area contributed by atoms with Crippen molar-refractivity contribution in [2.24, 2.45) is 0 Å². The molecule has 3 aromatic carbocycles. The second-order valence-electron chi connectivity index (χ2n) is 9.46. The first-order valence-electron chi connectivity index (χ1n) is 13.9. The molecule has 0 unspecified atom stereocenters. The van der Waals surface area contributed by atoms with E-state index >= 15 is 0 Å². The average Bonchev–Trinajstić information content (AvgIpc) is 2.98. The van der Waals surface area contributed by atoms with Gasteiger partial charge in [-0.2, -0.15) is 0 Å². The summed E-state index contributed by atoms with van der Waals surface area (Å²) < 4.78 is 22.3. The van der Waals surface area contributed by atoms with Gasteiger partial charge in [0.2, 0.25) is 0 Å².